The molecule has 0 spiro atoms. The average molecular weight is 519 g/mol. The van der Waals surface area contributed by atoms with Crippen LogP contribution in [-0.2, 0) is 6.54 Å². The van der Waals surface area contributed by atoms with Crippen molar-refractivity contribution in [2.45, 2.75) is 58.5 Å². The Morgan fingerprint density at radius 3 is 2.61 bits per heavy atom. The number of benzene rings is 1. The van der Waals surface area contributed by atoms with E-state index in [1.807, 2.05) is 26.0 Å². The van der Waals surface area contributed by atoms with Gasteiger partial charge >= 0.3 is 0 Å². The molecule has 1 aromatic carbocycles. The van der Waals surface area contributed by atoms with Gasteiger partial charge in [0.2, 0.25) is 0 Å². The Balaban J connectivity index is 1.62. The molecule has 0 radical (unpaired) electrons. The maximum Gasteiger partial charge on any atom is 0.253 e. The third-order valence-electron chi connectivity index (χ3n) is 7.73. The van der Waals surface area contributed by atoms with Gasteiger partial charge < -0.3 is 25.9 Å². The molecule has 204 valence electrons. The number of amides is 1. The van der Waals surface area contributed by atoms with Crippen molar-refractivity contribution in [1.29, 1.82) is 5.41 Å². The smallest absolute Gasteiger partial charge is 0.253 e. The number of aromatic nitrogens is 1. The first-order chi connectivity index (χ1) is 18.2. The number of H-pyrrole nitrogens is 1. The fourth-order valence-electron chi connectivity index (χ4n) is 5.47. The standard InChI is InChI=1S/C30H42N6O2/c1-20-15-21(2)33-30(38)27(20)19-32-29(37)25-16-23(22-9-11-36(12-10-22)14-13-35(3)4)17-28(26(25)18-31)34-24-7-5-6-8-24/h9,15-18,24,31,34H,5-8,10-14,19H2,1-4H3,(H,32,37)(H,33,38). The molecule has 38 heavy (non-hydrogen) atoms. The van der Waals surface area contributed by atoms with E-state index in [9.17, 15) is 9.59 Å². The Hall–Kier alpha value is -3.23. The summed E-state index contributed by atoms with van der Waals surface area (Å²) >= 11 is 0. The highest BCUT2D eigenvalue weighted by Crippen LogP contribution is 2.31. The van der Waals surface area contributed by atoms with E-state index >= 15 is 0 Å². The zero-order valence-corrected chi connectivity index (χ0v) is 23.2. The van der Waals surface area contributed by atoms with Gasteiger partial charge in [-0.15, -0.1) is 0 Å². The summed E-state index contributed by atoms with van der Waals surface area (Å²) in [5.41, 5.74) is 6.18. The van der Waals surface area contributed by atoms with Crippen molar-refractivity contribution in [1.82, 2.24) is 20.1 Å². The van der Waals surface area contributed by atoms with Crippen LogP contribution >= 0.6 is 0 Å². The van der Waals surface area contributed by atoms with Crippen LogP contribution in [0.1, 0.15) is 70.4 Å². The minimum absolute atomic E-state index is 0.136. The van der Waals surface area contributed by atoms with E-state index in [4.69, 9.17) is 5.41 Å². The molecule has 1 amide bonds. The quantitative estimate of drug-likeness (QED) is 0.357. The number of rotatable bonds is 10. The Morgan fingerprint density at radius 2 is 1.97 bits per heavy atom. The van der Waals surface area contributed by atoms with E-state index in [2.05, 4.69) is 51.7 Å². The Bertz CT molecular complexity index is 1260. The number of anilines is 1. The lowest BCUT2D eigenvalue weighted by Gasteiger charge is -2.28. The van der Waals surface area contributed by atoms with E-state index < -0.39 is 0 Å². The highest BCUT2D eigenvalue weighted by Gasteiger charge is 2.22. The SMILES string of the molecule is Cc1cc(C)c(CNC(=O)c2cc(C3=CCN(CCN(C)C)CC3)cc(NC3CCCC3)c2C=N)c(=O)[nH]1. The van der Waals surface area contributed by atoms with Gasteiger partial charge in [-0.25, -0.2) is 0 Å². The van der Waals surface area contributed by atoms with Gasteiger partial charge in [0.1, 0.15) is 0 Å². The molecule has 0 atom stereocenters. The van der Waals surface area contributed by atoms with Crippen LogP contribution in [0.15, 0.2) is 29.1 Å². The normalized spacial score (nSPS) is 16.5. The summed E-state index contributed by atoms with van der Waals surface area (Å²) in [6.07, 6.45) is 9.06. The molecular weight excluding hydrogens is 476 g/mol. The summed E-state index contributed by atoms with van der Waals surface area (Å²) in [7, 11) is 4.19. The topological polar surface area (TPSA) is 104 Å². The van der Waals surface area contributed by atoms with Gasteiger partial charge in [0.15, 0.2) is 0 Å². The number of carbonyl (C=O) groups is 1. The van der Waals surface area contributed by atoms with Crippen molar-refractivity contribution in [2.75, 3.05) is 45.6 Å². The average Bonchev–Trinajstić information content (AvgIpc) is 3.39. The molecule has 1 aliphatic carbocycles. The van der Waals surface area contributed by atoms with Crippen LogP contribution in [0, 0.1) is 19.3 Å². The number of carbonyl (C=O) groups excluding carboxylic acids is 1. The minimum Gasteiger partial charge on any atom is -0.382 e. The molecule has 2 aromatic rings. The van der Waals surface area contributed by atoms with Crippen molar-refractivity contribution in [3.05, 3.63) is 68.1 Å². The first-order valence-corrected chi connectivity index (χ1v) is 13.7. The minimum atomic E-state index is -0.275. The molecular formula is C30H42N6O2. The van der Waals surface area contributed by atoms with Crippen molar-refractivity contribution >= 4 is 23.4 Å². The predicted octanol–water partition coefficient (Wildman–Crippen LogP) is 3.92. The lowest BCUT2D eigenvalue weighted by atomic mass is 9.93. The number of aromatic amines is 1. The van der Waals surface area contributed by atoms with E-state index in [-0.39, 0.29) is 18.0 Å². The second-order valence-electron chi connectivity index (χ2n) is 11.0. The first kappa shape index (κ1) is 27.8. The number of hydrogen-bond donors (Lipinski definition) is 4. The molecule has 8 heteroatoms. The highest BCUT2D eigenvalue weighted by molar-refractivity contribution is 6.06. The third-order valence-corrected chi connectivity index (χ3v) is 7.73. The maximum absolute atomic E-state index is 13.5. The summed E-state index contributed by atoms with van der Waals surface area (Å²) in [5, 5.41) is 14.8. The molecule has 0 saturated heterocycles. The van der Waals surface area contributed by atoms with Crippen LogP contribution in [-0.4, -0.2) is 73.2 Å². The second kappa shape index (κ2) is 12.5. The molecule has 1 fully saturated rings. The van der Waals surface area contributed by atoms with Crippen molar-refractivity contribution in [3.63, 3.8) is 0 Å². The lowest BCUT2D eigenvalue weighted by molar-refractivity contribution is 0.0950. The van der Waals surface area contributed by atoms with Gasteiger partial charge in [0.25, 0.3) is 11.5 Å². The van der Waals surface area contributed by atoms with Crippen molar-refractivity contribution in [2.24, 2.45) is 0 Å². The first-order valence-electron chi connectivity index (χ1n) is 13.7. The molecule has 0 unspecified atom stereocenters. The summed E-state index contributed by atoms with van der Waals surface area (Å²) in [6.45, 7) is 7.79. The molecule has 4 rings (SSSR count). The van der Waals surface area contributed by atoms with Crippen molar-refractivity contribution in [3.8, 4) is 0 Å². The molecule has 1 aliphatic heterocycles. The fourth-order valence-corrected chi connectivity index (χ4v) is 5.47. The monoisotopic (exact) mass is 518 g/mol. The highest BCUT2D eigenvalue weighted by atomic mass is 16.1. The Kier molecular flexibility index (Phi) is 9.17. The van der Waals surface area contributed by atoms with Gasteiger partial charge in [-0.3, -0.25) is 14.5 Å². The van der Waals surface area contributed by atoms with E-state index in [0.29, 0.717) is 22.7 Å². The zero-order chi connectivity index (χ0) is 27.2. The van der Waals surface area contributed by atoms with Crippen LogP contribution in [0.4, 0.5) is 5.69 Å². The molecule has 2 aliphatic rings. The van der Waals surface area contributed by atoms with Gasteiger partial charge in [0.05, 0.1) is 5.56 Å². The summed E-state index contributed by atoms with van der Waals surface area (Å²) in [5.74, 6) is -0.275. The van der Waals surface area contributed by atoms with Gasteiger partial charge in [-0.1, -0.05) is 18.9 Å². The van der Waals surface area contributed by atoms with Gasteiger partial charge in [0, 0.05) is 67.5 Å². The number of nitrogens with zero attached hydrogens (tertiary/aromatic N) is 2. The third kappa shape index (κ3) is 6.79. The van der Waals surface area contributed by atoms with E-state index in [1.165, 1.54) is 24.6 Å². The van der Waals surface area contributed by atoms with Crippen molar-refractivity contribution < 1.29 is 4.79 Å². The van der Waals surface area contributed by atoms with E-state index in [0.717, 1.165) is 67.9 Å². The fraction of sp³-hybridized carbons (Fsp3) is 0.500. The number of nitrogens with one attached hydrogen (secondary N) is 4. The molecule has 1 aromatic heterocycles. The van der Waals surface area contributed by atoms with Crippen LogP contribution in [0.3, 0.4) is 0 Å². The summed E-state index contributed by atoms with van der Waals surface area (Å²) < 4.78 is 0. The molecule has 8 nitrogen and oxygen atoms in total. The summed E-state index contributed by atoms with van der Waals surface area (Å²) in [4.78, 5) is 33.5. The Morgan fingerprint density at radius 1 is 1.21 bits per heavy atom. The molecule has 0 bridgehead atoms. The largest absolute Gasteiger partial charge is 0.382 e. The van der Waals surface area contributed by atoms with Crippen LogP contribution in [0.2, 0.25) is 0 Å². The molecule has 2 heterocycles. The van der Waals surface area contributed by atoms with E-state index in [1.54, 1.807) is 0 Å². The second-order valence-corrected chi connectivity index (χ2v) is 11.0. The molecule has 4 N–H and O–H groups in total. The summed E-state index contributed by atoms with van der Waals surface area (Å²) in [6, 6.07) is 6.30. The number of aryl methyl sites for hydroxylation is 2. The number of likely N-dealkylation sites (N-methyl/N-ethyl adjacent to an activating group) is 1. The maximum atomic E-state index is 13.5. The number of hydrogen-bond acceptors (Lipinski definition) is 6. The van der Waals surface area contributed by atoms with Crippen LogP contribution in [0.25, 0.3) is 5.57 Å². The van der Waals surface area contributed by atoms with Crippen LogP contribution < -0.4 is 16.2 Å². The molecule has 1 saturated carbocycles. The van der Waals surface area contributed by atoms with Gasteiger partial charge in [-0.2, -0.15) is 0 Å². The lowest BCUT2D eigenvalue weighted by Crippen LogP contribution is -2.34. The predicted molar refractivity (Wildman–Crippen MR) is 156 cm³/mol. The van der Waals surface area contributed by atoms with Gasteiger partial charge in [-0.05, 0) is 82.1 Å². The zero-order valence-electron chi connectivity index (χ0n) is 23.2. The number of pyridine rings is 1. The Labute approximate surface area is 226 Å². The van der Waals surface area contributed by atoms with Crippen LogP contribution in [0.5, 0.6) is 0 Å².